The van der Waals surface area contributed by atoms with E-state index in [9.17, 15) is 26.7 Å². The van der Waals surface area contributed by atoms with Crippen LogP contribution in [0.5, 0.6) is 0 Å². The Hall–Kier alpha value is -4.15. The van der Waals surface area contributed by atoms with Gasteiger partial charge in [0.1, 0.15) is 11.6 Å². The van der Waals surface area contributed by atoms with Crippen LogP contribution in [0.4, 0.5) is 39.0 Å². The van der Waals surface area contributed by atoms with E-state index >= 15 is 0 Å². The Morgan fingerprint density at radius 1 is 0.897 bits per heavy atom. The molecule has 3 aromatic rings. The lowest BCUT2D eigenvalue weighted by molar-refractivity contribution is -0.141. The summed E-state index contributed by atoms with van der Waals surface area (Å²) in [6, 6.07) is 14.1. The maximum Gasteiger partial charge on any atom is 0.416 e. The normalized spacial score (nSPS) is 17.5. The van der Waals surface area contributed by atoms with Crippen molar-refractivity contribution >= 4 is 29.0 Å². The molecule has 11 heteroatoms. The molecule has 5 rings (SSSR count). The van der Waals surface area contributed by atoms with Gasteiger partial charge in [-0.3, -0.25) is 4.79 Å². The number of methoxy groups -OCH3 is 1. The van der Waals surface area contributed by atoms with Gasteiger partial charge in [0.15, 0.2) is 0 Å². The zero-order chi connectivity index (χ0) is 27.7. The van der Waals surface area contributed by atoms with E-state index < -0.39 is 29.6 Å². The first kappa shape index (κ1) is 26.5. The summed E-state index contributed by atoms with van der Waals surface area (Å²) >= 11 is 0. The molecular weight excluding hydrogens is 519 g/mol. The van der Waals surface area contributed by atoms with Crippen LogP contribution in [0.2, 0.25) is 0 Å². The Morgan fingerprint density at radius 3 is 2.23 bits per heavy atom. The summed E-state index contributed by atoms with van der Waals surface area (Å²) in [5, 5.41) is 0. The number of rotatable bonds is 4. The van der Waals surface area contributed by atoms with Crippen molar-refractivity contribution in [1.29, 1.82) is 0 Å². The van der Waals surface area contributed by atoms with Crippen molar-refractivity contribution in [1.82, 2.24) is 4.90 Å². The van der Waals surface area contributed by atoms with Crippen LogP contribution >= 0.6 is 0 Å². The van der Waals surface area contributed by atoms with Crippen LogP contribution in [-0.4, -0.2) is 50.1 Å². The van der Waals surface area contributed by atoms with Gasteiger partial charge < -0.3 is 19.4 Å². The number of aliphatic imine (C=N–C) groups is 1. The number of ether oxygens (including phenoxy) is 1. The molecule has 6 nitrogen and oxygen atoms in total. The Morgan fingerprint density at radius 2 is 1.56 bits per heavy atom. The Labute approximate surface area is 221 Å². The predicted octanol–water partition coefficient (Wildman–Crippen LogP) is 5.92. The molecule has 39 heavy (non-hydrogen) atoms. The van der Waals surface area contributed by atoms with Crippen LogP contribution in [-0.2, 0) is 15.7 Å². The summed E-state index contributed by atoms with van der Waals surface area (Å²) in [5.74, 6) is -1.13. The minimum absolute atomic E-state index is 0.188. The summed E-state index contributed by atoms with van der Waals surface area (Å²) in [7, 11) is 1.23. The van der Waals surface area contributed by atoms with Crippen molar-refractivity contribution in [2.75, 3.05) is 43.1 Å². The second kappa shape index (κ2) is 10.5. The number of carbonyl (C=O) groups excluding carboxylic acids is 1. The largest absolute Gasteiger partial charge is 0.469 e. The van der Waals surface area contributed by atoms with Crippen LogP contribution in [0.3, 0.4) is 0 Å². The number of benzene rings is 3. The molecule has 0 aliphatic carbocycles. The maximum absolute atomic E-state index is 14.2. The van der Waals surface area contributed by atoms with E-state index in [0.717, 1.165) is 17.8 Å². The molecule has 0 saturated carbocycles. The molecule has 1 fully saturated rings. The van der Waals surface area contributed by atoms with Crippen LogP contribution in [0, 0.1) is 11.6 Å². The molecule has 3 aromatic carbocycles. The molecule has 2 heterocycles. The topological polar surface area (TPSA) is 48.4 Å². The number of carbonyl (C=O) groups is 1. The number of esters is 1. The average Bonchev–Trinajstić information content (AvgIpc) is 2.92. The van der Waals surface area contributed by atoms with Gasteiger partial charge in [0.2, 0.25) is 5.96 Å². The number of halogens is 5. The molecule has 1 atom stereocenters. The standard InChI is InChI=1S/C28H25F5N4O2/c1-39-26(38)17-25-23-10-7-20(30)16-24(23)34-27(37(25)22-4-2-3-18(15-22)28(31,32)33)36-13-11-35(12-14-36)21-8-5-19(29)6-9-21/h2-10,15-16,25H,11-14,17H2,1H3. The van der Waals surface area contributed by atoms with Crippen LogP contribution in [0.15, 0.2) is 71.7 Å². The third kappa shape index (κ3) is 5.52. The van der Waals surface area contributed by atoms with Gasteiger partial charge in [-0.1, -0.05) is 12.1 Å². The monoisotopic (exact) mass is 544 g/mol. The third-order valence-electron chi connectivity index (χ3n) is 6.89. The fourth-order valence-electron chi connectivity index (χ4n) is 4.95. The number of hydrogen-bond donors (Lipinski definition) is 0. The van der Waals surface area contributed by atoms with Gasteiger partial charge in [-0.25, -0.2) is 13.8 Å². The van der Waals surface area contributed by atoms with Gasteiger partial charge >= 0.3 is 12.1 Å². The first-order chi connectivity index (χ1) is 18.6. The van der Waals surface area contributed by atoms with Crippen molar-refractivity contribution in [3.05, 3.63) is 89.5 Å². The van der Waals surface area contributed by atoms with E-state index in [1.807, 2.05) is 4.90 Å². The zero-order valence-electron chi connectivity index (χ0n) is 21.0. The van der Waals surface area contributed by atoms with Gasteiger partial charge in [0.25, 0.3) is 0 Å². The minimum atomic E-state index is -4.58. The van der Waals surface area contributed by atoms with Crippen molar-refractivity contribution < 1.29 is 31.5 Å². The van der Waals surface area contributed by atoms with Gasteiger partial charge in [-0.05, 0) is 54.6 Å². The van der Waals surface area contributed by atoms with Crippen molar-refractivity contribution in [3.8, 4) is 0 Å². The molecule has 0 radical (unpaired) electrons. The van der Waals surface area contributed by atoms with Crippen LogP contribution in [0.25, 0.3) is 0 Å². The molecule has 2 aliphatic heterocycles. The molecule has 0 amide bonds. The summed E-state index contributed by atoms with van der Waals surface area (Å²) in [4.78, 5) is 22.7. The van der Waals surface area contributed by atoms with E-state index in [2.05, 4.69) is 4.90 Å². The van der Waals surface area contributed by atoms with Gasteiger partial charge in [0, 0.05) is 43.1 Å². The Bertz CT molecular complexity index is 1390. The quantitative estimate of drug-likeness (QED) is 0.302. The van der Waals surface area contributed by atoms with Crippen molar-refractivity contribution in [2.24, 2.45) is 4.99 Å². The van der Waals surface area contributed by atoms with Gasteiger partial charge in [0.05, 0.1) is 30.8 Å². The lowest BCUT2D eigenvalue weighted by atomic mass is 9.97. The zero-order valence-corrected chi connectivity index (χ0v) is 21.0. The van der Waals surface area contributed by atoms with E-state index in [0.29, 0.717) is 43.4 Å². The number of piperazine rings is 1. The van der Waals surface area contributed by atoms with Crippen molar-refractivity contribution in [3.63, 3.8) is 0 Å². The van der Waals surface area contributed by atoms with E-state index in [1.165, 1.54) is 49.6 Å². The van der Waals surface area contributed by atoms with Crippen molar-refractivity contribution in [2.45, 2.75) is 18.6 Å². The number of guanidine groups is 1. The number of anilines is 2. The summed E-state index contributed by atoms with van der Waals surface area (Å²) < 4.78 is 73.5. The number of nitrogens with zero attached hydrogens (tertiary/aromatic N) is 4. The van der Waals surface area contributed by atoms with E-state index in [4.69, 9.17) is 9.73 Å². The van der Waals surface area contributed by atoms with E-state index in [1.54, 1.807) is 17.0 Å². The SMILES string of the molecule is COC(=O)CC1c2ccc(F)cc2N=C(N2CCN(c3ccc(F)cc3)CC2)N1c1cccc(C(F)(F)F)c1. The molecular formula is C28H25F5N4O2. The van der Waals surface area contributed by atoms with Crippen LogP contribution in [0.1, 0.15) is 23.6 Å². The first-order valence-corrected chi connectivity index (χ1v) is 12.3. The highest BCUT2D eigenvalue weighted by Crippen LogP contribution is 2.42. The second-order valence-corrected chi connectivity index (χ2v) is 9.28. The number of alkyl halides is 3. The Balaban J connectivity index is 1.56. The highest BCUT2D eigenvalue weighted by molar-refractivity contribution is 6.01. The highest BCUT2D eigenvalue weighted by Gasteiger charge is 2.38. The molecule has 1 unspecified atom stereocenters. The van der Waals surface area contributed by atoms with Gasteiger partial charge in [-0.2, -0.15) is 13.2 Å². The molecule has 0 N–H and O–H groups in total. The summed E-state index contributed by atoms with van der Waals surface area (Å²) in [6.45, 7) is 1.92. The fourth-order valence-corrected chi connectivity index (χ4v) is 4.95. The van der Waals surface area contributed by atoms with Gasteiger partial charge in [-0.15, -0.1) is 0 Å². The number of fused-ring (bicyclic) bond motifs is 1. The molecule has 1 saturated heterocycles. The fraction of sp³-hybridized carbons (Fsp3) is 0.286. The molecule has 2 aliphatic rings. The Kier molecular flexibility index (Phi) is 7.16. The molecule has 0 spiro atoms. The summed E-state index contributed by atoms with van der Waals surface area (Å²) in [6.07, 6.45) is -4.78. The molecule has 0 aromatic heterocycles. The van der Waals surface area contributed by atoms with Crippen LogP contribution < -0.4 is 9.80 Å². The highest BCUT2D eigenvalue weighted by atomic mass is 19.4. The third-order valence-corrected chi connectivity index (χ3v) is 6.89. The predicted molar refractivity (Wildman–Crippen MR) is 137 cm³/mol. The lowest BCUT2D eigenvalue weighted by Crippen LogP contribution is -2.55. The molecule has 0 bridgehead atoms. The smallest absolute Gasteiger partial charge is 0.416 e. The van der Waals surface area contributed by atoms with E-state index in [-0.39, 0.29) is 17.9 Å². The minimum Gasteiger partial charge on any atom is -0.469 e. The lowest BCUT2D eigenvalue weighted by Gasteiger charge is -2.45. The summed E-state index contributed by atoms with van der Waals surface area (Å²) in [5.41, 5.74) is 0.971. The second-order valence-electron chi connectivity index (χ2n) is 9.28. The number of hydrogen-bond acceptors (Lipinski definition) is 6. The maximum atomic E-state index is 14.2. The molecule has 204 valence electrons. The first-order valence-electron chi connectivity index (χ1n) is 12.3. The average molecular weight is 545 g/mol.